The molecule has 0 spiro atoms. The van der Waals surface area contributed by atoms with Crippen LogP contribution >= 0.6 is 0 Å². The van der Waals surface area contributed by atoms with E-state index in [2.05, 4.69) is 14.3 Å². The largest absolute Gasteiger partial charge is 0.481 e. The Labute approximate surface area is 185 Å². The zero-order valence-corrected chi connectivity index (χ0v) is 18.3. The highest BCUT2D eigenvalue weighted by molar-refractivity contribution is 5.72. The molecule has 3 aromatic rings. The van der Waals surface area contributed by atoms with E-state index >= 15 is 0 Å². The summed E-state index contributed by atoms with van der Waals surface area (Å²) in [6, 6.07) is 3.76. The Bertz CT molecular complexity index is 1120. The molecular weight excluding hydrogens is 412 g/mol. The number of anilines is 1. The van der Waals surface area contributed by atoms with E-state index < -0.39 is 0 Å². The maximum atomic E-state index is 12.3. The van der Waals surface area contributed by atoms with Crippen LogP contribution in [-0.4, -0.2) is 76.9 Å². The number of aromatic nitrogens is 4. The quantitative estimate of drug-likeness (QED) is 0.612. The molecule has 32 heavy (non-hydrogen) atoms. The smallest absolute Gasteiger partial charge is 0.410 e. The molecule has 10 heteroatoms. The fourth-order valence-corrected chi connectivity index (χ4v) is 4.14. The molecule has 0 aliphatic carbocycles. The molecule has 0 bridgehead atoms. The number of nitrogens with zero attached hydrogens (tertiary/aromatic N) is 6. The van der Waals surface area contributed by atoms with Crippen molar-refractivity contribution in [3.63, 3.8) is 0 Å². The van der Waals surface area contributed by atoms with E-state index in [0.717, 1.165) is 47.2 Å². The summed E-state index contributed by atoms with van der Waals surface area (Å²) in [5.41, 5.74) is 4.43. The van der Waals surface area contributed by atoms with Crippen LogP contribution in [0.2, 0.25) is 0 Å². The summed E-state index contributed by atoms with van der Waals surface area (Å²) in [7, 11) is 1.59. The van der Waals surface area contributed by atoms with Gasteiger partial charge in [0.2, 0.25) is 5.88 Å². The normalized spacial score (nSPS) is 16.2. The summed E-state index contributed by atoms with van der Waals surface area (Å²) in [4.78, 5) is 30.5. The highest BCUT2D eigenvalue weighted by Crippen LogP contribution is 2.30. The van der Waals surface area contributed by atoms with Crippen molar-refractivity contribution < 1.29 is 19.0 Å². The number of imidazole rings is 1. The maximum Gasteiger partial charge on any atom is 0.410 e. The van der Waals surface area contributed by atoms with E-state index in [9.17, 15) is 4.79 Å². The lowest BCUT2D eigenvalue weighted by Gasteiger charge is -2.28. The molecule has 2 aliphatic heterocycles. The van der Waals surface area contributed by atoms with Crippen LogP contribution in [0.1, 0.15) is 18.3 Å². The van der Waals surface area contributed by atoms with Crippen LogP contribution in [0.5, 0.6) is 5.88 Å². The Morgan fingerprint density at radius 3 is 2.75 bits per heavy atom. The number of methoxy groups -OCH3 is 1. The number of ether oxygens (including phenoxy) is 3. The Morgan fingerprint density at radius 2 is 2.03 bits per heavy atom. The predicted molar refractivity (Wildman–Crippen MR) is 117 cm³/mol. The van der Waals surface area contributed by atoms with Crippen LogP contribution in [0.3, 0.4) is 0 Å². The number of carbonyl (C=O) groups excluding carboxylic acids is 1. The Balaban J connectivity index is 1.62. The molecular formula is C22H26N6O4. The lowest BCUT2D eigenvalue weighted by Crippen LogP contribution is -2.37. The van der Waals surface area contributed by atoms with Crippen LogP contribution in [-0.2, 0) is 22.4 Å². The highest BCUT2D eigenvalue weighted by atomic mass is 16.6. The molecule has 0 atom stereocenters. The van der Waals surface area contributed by atoms with Gasteiger partial charge in [-0.15, -0.1) is 0 Å². The van der Waals surface area contributed by atoms with Gasteiger partial charge in [-0.25, -0.2) is 19.7 Å². The molecule has 0 saturated carbocycles. The van der Waals surface area contributed by atoms with Crippen molar-refractivity contribution >= 4 is 17.6 Å². The van der Waals surface area contributed by atoms with Gasteiger partial charge in [0.05, 0.1) is 50.6 Å². The van der Waals surface area contributed by atoms with Crippen molar-refractivity contribution in [2.75, 3.05) is 51.5 Å². The number of carbonyl (C=O) groups is 1. The van der Waals surface area contributed by atoms with Gasteiger partial charge < -0.3 is 24.0 Å². The van der Waals surface area contributed by atoms with Gasteiger partial charge in [-0.1, -0.05) is 0 Å². The molecule has 1 amide bonds. The minimum absolute atomic E-state index is 0.296. The number of fused-ring (bicyclic) bond motifs is 3. The first-order chi connectivity index (χ1) is 15.7. The van der Waals surface area contributed by atoms with Crippen molar-refractivity contribution in [1.82, 2.24) is 24.3 Å². The van der Waals surface area contributed by atoms with Gasteiger partial charge in [0, 0.05) is 50.1 Å². The summed E-state index contributed by atoms with van der Waals surface area (Å²) < 4.78 is 18.0. The predicted octanol–water partition coefficient (Wildman–Crippen LogP) is 2.15. The maximum absolute atomic E-state index is 12.3. The average Bonchev–Trinajstić information content (AvgIpc) is 3.22. The van der Waals surface area contributed by atoms with E-state index in [-0.39, 0.29) is 6.09 Å². The van der Waals surface area contributed by atoms with Gasteiger partial charge in [-0.05, 0) is 13.0 Å². The summed E-state index contributed by atoms with van der Waals surface area (Å²) in [5.74, 6) is 1.37. The molecule has 168 valence electrons. The van der Waals surface area contributed by atoms with Crippen molar-refractivity contribution in [2.24, 2.45) is 0 Å². The second-order valence-electron chi connectivity index (χ2n) is 7.71. The zero-order chi connectivity index (χ0) is 22.1. The standard InChI is InChI=1S/C22H26N6O4/c1-3-32-22(29)27-7-6-16-18(14-27)28-13-17(15-4-5-19(30-2)23-12-15)25-20(21(28)24-16)26-8-10-31-11-9-26/h4-5,12-13H,3,6-11,14H2,1-2H3. The monoisotopic (exact) mass is 438 g/mol. The zero-order valence-electron chi connectivity index (χ0n) is 18.3. The van der Waals surface area contributed by atoms with Crippen molar-refractivity contribution in [1.29, 1.82) is 0 Å². The van der Waals surface area contributed by atoms with Gasteiger partial charge in [0.15, 0.2) is 11.5 Å². The third kappa shape index (κ3) is 3.70. The lowest BCUT2D eigenvalue weighted by molar-refractivity contribution is 0.102. The third-order valence-electron chi connectivity index (χ3n) is 5.81. The van der Waals surface area contributed by atoms with Crippen LogP contribution in [0.4, 0.5) is 10.6 Å². The van der Waals surface area contributed by atoms with E-state index in [1.807, 2.05) is 25.3 Å². The fourth-order valence-electron chi connectivity index (χ4n) is 4.14. The Morgan fingerprint density at radius 1 is 1.19 bits per heavy atom. The molecule has 1 fully saturated rings. The third-order valence-corrected chi connectivity index (χ3v) is 5.81. The topological polar surface area (TPSA) is 94.3 Å². The number of pyridine rings is 1. The molecule has 2 aliphatic rings. The molecule has 0 radical (unpaired) electrons. The Hall–Kier alpha value is -3.40. The van der Waals surface area contributed by atoms with E-state index in [1.54, 1.807) is 18.2 Å². The van der Waals surface area contributed by atoms with Crippen molar-refractivity contribution in [3.05, 3.63) is 35.9 Å². The summed E-state index contributed by atoms with van der Waals surface area (Å²) >= 11 is 0. The van der Waals surface area contributed by atoms with Gasteiger partial charge in [0.1, 0.15) is 0 Å². The SMILES string of the molecule is CCOC(=O)N1CCc2nc3c(N4CCOCC4)nc(-c4ccc(OC)nc4)cn3c2C1. The average molecular weight is 438 g/mol. The number of rotatable bonds is 4. The first-order valence-corrected chi connectivity index (χ1v) is 10.8. The van der Waals surface area contributed by atoms with Crippen LogP contribution in [0.25, 0.3) is 16.9 Å². The first kappa shape index (κ1) is 20.5. The van der Waals surface area contributed by atoms with Crippen LogP contribution in [0.15, 0.2) is 24.5 Å². The number of morpholine rings is 1. The molecule has 5 rings (SSSR count). The molecule has 0 aromatic carbocycles. The second-order valence-corrected chi connectivity index (χ2v) is 7.71. The van der Waals surface area contributed by atoms with E-state index in [1.165, 1.54) is 0 Å². The van der Waals surface area contributed by atoms with Crippen molar-refractivity contribution in [3.8, 4) is 17.1 Å². The number of hydrogen-bond acceptors (Lipinski definition) is 8. The number of amides is 1. The van der Waals surface area contributed by atoms with Gasteiger partial charge in [-0.3, -0.25) is 4.40 Å². The molecule has 0 N–H and O–H groups in total. The van der Waals surface area contributed by atoms with E-state index in [0.29, 0.717) is 45.2 Å². The molecule has 10 nitrogen and oxygen atoms in total. The minimum Gasteiger partial charge on any atom is -0.481 e. The summed E-state index contributed by atoms with van der Waals surface area (Å²) in [6.07, 6.45) is 4.11. The summed E-state index contributed by atoms with van der Waals surface area (Å²) in [5, 5.41) is 0. The Kier molecular flexibility index (Phi) is 5.52. The molecule has 1 saturated heterocycles. The highest BCUT2D eigenvalue weighted by Gasteiger charge is 2.28. The minimum atomic E-state index is -0.296. The van der Waals surface area contributed by atoms with Crippen molar-refractivity contribution in [2.45, 2.75) is 19.9 Å². The van der Waals surface area contributed by atoms with Crippen LogP contribution in [0, 0.1) is 0 Å². The lowest BCUT2D eigenvalue weighted by atomic mass is 10.1. The summed E-state index contributed by atoms with van der Waals surface area (Å²) in [6.45, 7) is 6.01. The van der Waals surface area contributed by atoms with Gasteiger partial charge in [-0.2, -0.15) is 0 Å². The fraction of sp³-hybridized carbons (Fsp3) is 0.455. The van der Waals surface area contributed by atoms with Crippen LogP contribution < -0.4 is 9.64 Å². The van der Waals surface area contributed by atoms with Gasteiger partial charge >= 0.3 is 6.09 Å². The van der Waals surface area contributed by atoms with Gasteiger partial charge in [0.25, 0.3) is 0 Å². The second kappa shape index (κ2) is 8.62. The number of hydrogen-bond donors (Lipinski definition) is 0. The molecule has 0 unspecified atom stereocenters. The first-order valence-electron chi connectivity index (χ1n) is 10.8. The molecule has 5 heterocycles. The van der Waals surface area contributed by atoms with E-state index in [4.69, 9.17) is 24.2 Å². The molecule has 3 aromatic heterocycles.